The van der Waals surface area contributed by atoms with Crippen molar-refractivity contribution in [2.45, 2.75) is 19.9 Å². The number of anilines is 1. The number of hydrogen-bond donors (Lipinski definition) is 2. The Hall–Kier alpha value is -2.01. The molecule has 0 aliphatic heterocycles. The Morgan fingerprint density at radius 3 is 2.75 bits per heavy atom. The summed E-state index contributed by atoms with van der Waals surface area (Å²) < 4.78 is 5.19. The van der Waals surface area contributed by atoms with Gasteiger partial charge in [0.15, 0.2) is 0 Å². The molecule has 1 heterocycles. The van der Waals surface area contributed by atoms with Gasteiger partial charge in [0, 0.05) is 10.6 Å². The molecule has 1 unspecified atom stereocenters. The van der Waals surface area contributed by atoms with E-state index < -0.39 is 0 Å². The van der Waals surface area contributed by atoms with Gasteiger partial charge in [-0.05, 0) is 37.6 Å². The standard InChI is InChI=1S/C15H18N2O2S/c1-9(11-5-4-6-12(7-11)19-3)17-15(18)14-8-13(16)10(2)20-14/h4-9H,16H2,1-3H3,(H,17,18). The summed E-state index contributed by atoms with van der Waals surface area (Å²) in [5.74, 6) is 0.671. The predicted octanol–water partition coefficient (Wildman–Crippen LogP) is 3.14. The molecule has 0 aliphatic rings. The lowest BCUT2D eigenvalue weighted by Crippen LogP contribution is -2.25. The van der Waals surface area contributed by atoms with E-state index in [1.807, 2.05) is 38.1 Å². The number of carbonyl (C=O) groups excluding carboxylic acids is 1. The van der Waals surface area contributed by atoms with Gasteiger partial charge in [-0.15, -0.1) is 11.3 Å². The van der Waals surface area contributed by atoms with Gasteiger partial charge in [0.25, 0.3) is 5.91 Å². The van der Waals surface area contributed by atoms with E-state index in [0.717, 1.165) is 16.2 Å². The number of thiophene rings is 1. The summed E-state index contributed by atoms with van der Waals surface area (Å²) in [7, 11) is 1.62. The first-order valence-electron chi connectivity index (χ1n) is 6.32. The first-order valence-corrected chi connectivity index (χ1v) is 7.13. The summed E-state index contributed by atoms with van der Waals surface area (Å²) in [5.41, 5.74) is 7.43. The predicted molar refractivity (Wildman–Crippen MR) is 82.3 cm³/mol. The monoisotopic (exact) mass is 290 g/mol. The Morgan fingerprint density at radius 2 is 2.15 bits per heavy atom. The average molecular weight is 290 g/mol. The van der Waals surface area contributed by atoms with Crippen molar-refractivity contribution in [3.8, 4) is 5.75 Å². The lowest BCUT2D eigenvalue weighted by Gasteiger charge is -2.14. The van der Waals surface area contributed by atoms with E-state index in [1.165, 1.54) is 11.3 Å². The fourth-order valence-electron chi connectivity index (χ4n) is 1.87. The van der Waals surface area contributed by atoms with Crippen molar-refractivity contribution in [1.82, 2.24) is 5.32 Å². The highest BCUT2D eigenvalue weighted by Crippen LogP contribution is 2.24. The summed E-state index contributed by atoms with van der Waals surface area (Å²) in [6.45, 7) is 3.85. The summed E-state index contributed by atoms with van der Waals surface area (Å²) in [6, 6.07) is 9.28. The molecule has 0 bridgehead atoms. The van der Waals surface area contributed by atoms with Crippen molar-refractivity contribution in [3.05, 3.63) is 45.6 Å². The number of nitrogen functional groups attached to an aromatic ring is 1. The first-order chi connectivity index (χ1) is 9.51. The summed E-state index contributed by atoms with van der Waals surface area (Å²) >= 11 is 1.41. The molecule has 0 fully saturated rings. The Balaban J connectivity index is 2.10. The van der Waals surface area contributed by atoms with Crippen LogP contribution in [0.1, 0.15) is 33.1 Å². The quantitative estimate of drug-likeness (QED) is 0.909. The molecule has 1 amide bonds. The van der Waals surface area contributed by atoms with Gasteiger partial charge < -0.3 is 15.8 Å². The highest BCUT2D eigenvalue weighted by molar-refractivity contribution is 7.14. The number of rotatable bonds is 4. The molecule has 0 aliphatic carbocycles. The lowest BCUT2D eigenvalue weighted by atomic mass is 10.1. The van der Waals surface area contributed by atoms with Gasteiger partial charge in [0.1, 0.15) is 5.75 Å². The average Bonchev–Trinajstić information content (AvgIpc) is 2.79. The van der Waals surface area contributed by atoms with Crippen LogP contribution in [0.5, 0.6) is 5.75 Å². The van der Waals surface area contributed by atoms with Gasteiger partial charge in [-0.3, -0.25) is 4.79 Å². The Morgan fingerprint density at radius 1 is 1.40 bits per heavy atom. The third-order valence-electron chi connectivity index (χ3n) is 3.12. The summed E-state index contributed by atoms with van der Waals surface area (Å²) in [5, 5.41) is 2.96. The van der Waals surface area contributed by atoms with Crippen LogP contribution in [-0.2, 0) is 0 Å². The zero-order valence-corrected chi connectivity index (χ0v) is 12.6. The number of hydrogen-bond acceptors (Lipinski definition) is 4. The minimum atomic E-state index is -0.106. The van der Waals surface area contributed by atoms with Crippen molar-refractivity contribution in [2.75, 3.05) is 12.8 Å². The largest absolute Gasteiger partial charge is 0.497 e. The number of aryl methyl sites for hydroxylation is 1. The topological polar surface area (TPSA) is 64.3 Å². The van der Waals surface area contributed by atoms with Gasteiger partial charge >= 0.3 is 0 Å². The van der Waals surface area contributed by atoms with Crippen molar-refractivity contribution >= 4 is 22.9 Å². The van der Waals surface area contributed by atoms with Crippen LogP contribution in [-0.4, -0.2) is 13.0 Å². The van der Waals surface area contributed by atoms with Crippen LogP contribution >= 0.6 is 11.3 Å². The van der Waals surface area contributed by atoms with Crippen LogP contribution < -0.4 is 15.8 Å². The molecule has 0 radical (unpaired) electrons. The molecular formula is C15H18N2O2S. The molecule has 2 aromatic rings. The van der Waals surface area contributed by atoms with Crippen molar-refractivity contribution < 1.29 is 9.53 Å². The SMILES string of the molecule is COc1cccc(C(C)NC(=O)c2cc(N)c(C)s2)c1. The number of amides is 1. The van der Waals surface area contributed by atoms with Crippen molar-refractivity contribution in [1.29, 1.82) is 0 Å². The zero-order chi connectivity index (χ0) is 14.7. The maximum absolute atomic E-state index is 12.2. The van der Waals surface area contributed by atoms with Crippen LogP contribution in [0.3, 0.4) is 0 Å². The Labute approximate surface area is 122 Å². The molecule has 106 valence electrons. The van der Waals surface area contributed by atoms with Crippen molar-refractivity contribution in [2.24, 2.45) is 0 Å². The second-order valence-electron chi connectivity index (χ2n) is 4.59. The van der Waals surface area contributed by atoms with E-state index in [2.05, 4.69) is 5.32 Å². The molecule has 0 spiro atoms. The molecule has 4 nitrogen and oxygen atoms in total. The molecule has 1 aromatic heterocycles. The zero-order valence-electron chi connectivity index (χ0n) is 11.8. The molecule has 0 saturated carbocycles. The Kier molecular flexibility index (Phi) is 4.29. The lowest BCUT2D eigenvalue weighted by molar-refractivity contribution is 0.0944. The first kappa shape index (κ1) is 14.4. The molecule has 1 atom stereocenters. The highest BCUT2D eigenvalue weighted by atomic mass is 32.1. The third-order valence-corrected chi connectivity index (χ3v) is 4.19. The van der Waals surface area contributed by atoms with E-state index in [0.29, 0.717) is 10.6 Å². The van der Waals surface area contributed by atoms with E-state index >= 15 is 0 Å². The van der Waals surface area contributed by atoms with Gasteiger partial charge in [-0.1, -0.05) is 12.1 Å². The van der Waals surface area contributed by atoms with Crippen LogP contribution in [0.25, 0.3) is 0 Å². The maximum Gasteiger partial charge on any atom is 0.261 e. The molecule has 2 rings (SSSR count). The third kappa shape index (κ3) is 3.11. The molecule has 0 saturated heterocycles. The number of carbonyl (C=O) groups is 1. The van der Waals surface area contributed by atoms with E-state index in [4.69, 9.17) is 10.5 Å². The number of nitrogens with one attached hydrogen (secondary N) is 1. The smallest absolute Gasteiger partial charge is 0.261 e. The van der Waals surface area contributed by atoms with Crippen LogP contribution in [0.4, 0.5) is 5.69 Å². The number of ether oxygens (including phenoxy) is 1. The fourth-order valence-corrected chi connectivity index (χ4v) is 2.71. The van der Waals surface area contributed by atoms with Gasteiger partial charge in [-0.2, -0.15) is 0 Å². The van der Waals surface area contributed by atoms with Gasteiger partial charge in [0.2, 0.25) is 0 Å². The minimum absolute atomic E-state index is 0.0961. The van der Waals surface area contributed by atoms with E-state index in [1.54, 1.807) is 13.2 Å². The second kappa shape index (κ2) is 5.96. The number of benzene rings is 1. The summed E-state index contributed by atoms with van der Waals surface area (Å²) in [4.78, 5) is 13.8. The van der Waals surface area contributed by atoms with Crippen LogP contribution in [0.15, 0.2) is 30.3 Å². The second-order valence-corrected chi connectivity index (χ2v) is 5.85. The molecular weight excluding hydrogens is 272 g/mol. The number of nitrogens with two attached hydrogens (primary N) is 1. The van der Waals surface area contributed by atoms with E-state index in [-0.39, 0.29) is 11.9 Å². The molecule has 5 heteroatoms. The van der Waals surface area contributed by atoms with Crippen LogP contribution in [0.2, 0.25) is 0 Å². The fraction of sp³-hybridized carbons (Fsp3) is 0.267. The molecule has 20 heavy (non-hydrogen) atoms. The van der Waals surface area contributed by atoms with Crippen LogP contribution in [0, 0.1) is 6.92 Å². The van der Waals surface area contributed by atoms with E-state index in [9.17, 15) is 4.79 Å². The minimum Gasteiger partial charge on any atom is -0.497 e. The van der Waals surface area contributed by atoms with Gasteiger partial charge in [-0.25, -0.2) is 0 Å². The maximum atomic E-state index is 12.2. The normalized spacial score (nSPS) is 11.9. The van der Waals surface area contributed by atoms with Gasteiger partial charge in [0.05, 0.1) is 18.0 Å². The molecule has 1 aromatic carbocycles. The van der Waals surface area contributed by atoms with Crippen molar-refractivity contribution in [3.63, 3.8) is 0 Å². The Bertz CT molecular complexity index is 603. The highest BCUT2D eigenvalue weighted by Gasteiger charge is 2.14. The molecule has 3 N–H and O–H groups in total. The number of methoxy groups -OCH3 is 1. The summed E-state index contributed by atoms with van der Waals surface area (Å²) in [6.07, 6.45) is 0.